The third-order valence-corrected chi connectivity index (χ3v) is 4.49. The molecule has 0 saturated carbocycles. The van der Waals surface area contributed by atoms with Crippen LogP contribution in [0.2, 0.25) is 0 Å². The summed E-state index contributed by atoms with van der Waals surface area (Å²) in [5.74, 6) is 1.15. The SMILES string of the molecule is CCCN1CCC(C(C)NCc2ccccc2O)CC1. The molecule has 2 rings (SSSR count). The van der Waals surface area contributed by atoms with Crippen molar-refractivity contribution < 1.29 is 5.11 Å². The molecular weight excluding hydrogens is 248 g/mol. The van der Waals surface area contributed by atoms with E-state index in [2.05, 4.69) is 24.1 Å². The van der Waals surface area contributed by atoms with Crippen LogP contribution in [0.1, 0.15) is 38.7 Å². The first kappa shape index (κ1) is 15.3. The standard InChI is InChI=1S/C17H28N2O/c1-3-10-19-11-8-15(9-12-19)14(2)18-13-16-6-4-5-7-17(16)20/h4-7,14-15,18,20H,3,8-13H2,1-2H3. The van der Waals surface area contributed by atoms with Gasteiger partial charge in [0.1, 0.15) is 5.75 Å². The van der Waals surface area contributed by atoms with E-state index in [9.17, 15) is 5.11 Å². The molecule has 1 aromatic rings. The van der Waals surface area contributed by atoms with Crippen LogP contribution in [0, 0.1) is 5.92 Å². The number of nitrogens with one attached hydrogen (secondary N) is 1. The lowest BCUT2D eigenvalue weighted by Crippen LogP contribution is -2.41. The van der Waals surface area contributed by atoms with Crippen molar-refractivity contribution in [3.8, 4) is 5.75 Å². The first-order chi connectivity index (χ1) is 9.70. The van der Waals surface area contributed by atoms with Crippen LogP contribution in [0.25, 0.3) is 0 Å². The molecule has 1 saturated heterocycles. The van der Waals surface area contributed by atoms with Crippen LogP contribution >= 0.6 is 0 Å². The number of phenolic OH excluding ortho intramolecular Hbond substituents is 1. The minimum atomic E-state index is 0.393. The van der Waals surface area contributed by atoms with E-state index in [-0.39, 0.29) is 0 Å². The van der Waals surface area contributed by atoms with Gasteiger partial charge in [0.15, 0.2) is 0 Å². The fourth-order valence-electron chi connectivity index (χ4n) is 3.09. The molecular formula is C17H28N2O. The summed E-state index contributed by atoms with van der Waals surface area (Å²) in [6, 6.07) is 8.10. The average Bonchev–Trinajstić information content (AvgIpc) is 2.47. The highest BCUT2D eigenvalue weighted by Gasteiger charge is 2.23. The number of rotatable bonds is 6. The van der Waals surface area contributed by atoms with Crippen LogP contribution in [0.3, 0.4) is 0 Å². The number of piperidine rings is 1. The topological polar surface area (TPSA) is 35.5 Å². The molecule has 1 aromatic carbocycles. The van der Waals surface area contributed by atoms with Crippen molar-refractivity contribution in [1.29, 1.82) is 0 Å². The Kier molecular flexibility index (Phi) is 5.86. The maximum absolute atomic E-state index is 9.78. The van der Waals surface area contributed by atoms with Gasteiger partial charge in [-0.1, -0.05) is 25.1 Å². The number of aromatic hydroxyl groups is 1. The van der Waals surface area contributed by atoms with Crippen LogP contribution in [-0.4, -0.2) is 35.7 Å². The maximum atomic E-state index is 9.78. The molecule has 112 valence electrons. The predicted molar refractivity (Wildman–Crippen MR) is 83.9 cm³/mol. The van der Waals surface area contributed by atoms with E-state index < -0.39 is 0 Å². The first-order valence-corrected chi connectivity index (χ1v) is 7.93. The molecule has 3 nitrogen and oxygen atoms in total. The normalized spacial score (nSPS) is 19.1. The molecule has 0 bridgehead atoms. The Morgan fingerprint density at radius 2 is 2.00 bits per heavy atom. The van der Waals surface area contributed by atoms with E-state index in [1.54, 1.807) is 6.07 Å². The van der Waals surface area contributed by atoms with Crippen molar-refractivity contribution in [2.75, 3.05) is 19.6 Å². The smallest absolute Gasteiger partial charge is 0.120 e. The highest BCUT2D eigenvalue weighted by molar-refractivity contribution is 5.31. The zero-order valence-electron chi connectivity index (χ0n) is 12.8. The molecule has 2 N–H and O–H groups in total. The summed E-state index contributed by atoms with van der Waals surface area (Å²) in [7, 11) is 0. The van der Waals surface area contributed by atoms with Crippen molar-refractivity contribution in [1.82, 2.24) is 10.2 Å². The number of para-hydroxylation sites is 1. The fourth-order valence-corrected chi connectivity index (χ4v) is 3.09. The van der Waals surface area contributed by atoms with Gasteiger partial charge in [0.05, 0.1) is 0 Å². The Morgan fingerprint density at radius 3 is 2.65 bits per heavy atom. The maximum Gasteiger partial charge on any atom is 0.120 e. The second-order valence-corrected chi connectivity index (χ2v) is 5.98. The molecule has 20 heavy (non-hydrogen) atoms. The van der Waals surface area contributed by atoms with Gasteiger partial charge >= 0.3 is 0 Å². The highest BCUT2D eigenvalue weighted by atomic mass is 16.3. The lowest BCUT2D eigenvalue weighted by Gasteiger charge is -2.35. The van der Waals surface area contributed by atoms with E-state index in [4.69, 9.17) is 0 Å². The van der Waals surface area contributed by atoms with E-state index in [1.165, 1.54) is 38.9 Å². The average molecular weight is 276 g/mol. The summed E-state index contributed by atoms with van der Waals surface area (Å²) in [5, 5.41) is 13.4. The molecule has 3 heteroatoms. The third-order valence-electron chi connectivity index (χ3n) is 4.49. The monoisotopic (exact) mass is 276 g/mol. The van der Waals surface area contributed by atoms with E-state index >= 15 is 0 Å². The minimum absolute atomic E-state index is 0.393. The molecule has 0 aromatic heterocycles. The molecule has 1 fully saturated rings. The quantitative estimate of drug-likeness (QED) is 0.838. The number of phenols is 1. The Labute approximate surface area is 123 Å². The molecule has 0 radical (unpaired) electrons. The highest BCUT2D eigenvalue weighted by Crippen LogP contribution is 2.22. The number of hydrogen-bond acceptors (Lipinski definition) is 3. The summed E-state index contributed by atoms with van der Waals surface area (Å²) in [6.45, 7) is 9.00. The molecule has 0 aliphatic carbocycles. The summed E-state index contributed by atoms with van der Waals surface area (Å²) < 4.78 is 0. The van der Waals surface area contributed by atoms with Crippen molar-refractivity contribution in [3.05, 3.63) is 29.8 Å². The third kappa shape index (κ3) is 4.22. The second-order valence-electron chi connectivity index (χ2n) is 5.98. The molecule has 1 heterocycles. The Bertz CT molecular complexity index is 400. The van der Waals surface area contributed by atoms with E-state index in [0.717, 1.165) is 18.0 Å². The van der Waals surface area contributed by atoms with E-state index in [0.29, 0.717) is 11.8 Å². The summed E-state index contributed by atoms with van der Waals surface area (Å²) >= 11 is 0. The van der Waals surface area contributed by atoms with Crippen LogP contribution in [0.4, 0.5) is 0 Å². The molecule has 1 aliphatic rings. The van der Waals surface area contributed by atoms with Gasteiger partial charge in [-0.2, -0.15) is 0 Å². The Balaban J connectivity index is 1.76. The van der Waals surface area contributed by atoms with E-state index in [1.807, 2.05) is 18.2 Å². The second kappa shape index (κ2) is 7.65. The van der Waals surface area contributed by atoms with Crippen LogP contribution < -0.4 is 5.32 Å². The van der Waals surface area contributed by atoms with Crippen molar-refractivity contribution >= 4 is 0 Å². The first-order valence-electron chi connectivity index (χ1n) is 7.93. The zero-order valence-corrected chi connectivity index (χ0v) is 12.8. The Morgan fingerprint density at radius 1 is 1.30 bits per heavy atom. The molecule has 1 unspecified atom stereocenters. The number of hydrogen-bond donors (Lipinski definition) is 2. The number of benzene rings is 1. The van der Waals surface area contributed by atoms with Gasteiger partial charge in [-0.3, -0.25) is 0 Å². The van der Waals surface area contributed by atoms with Gasteiger partial charge < -0.3 is 15.3 Å². The molecule has 1 aliphatic heterocycles. The van der Waals surface area contributed by atoms with Crippen LogP contribution in [-0.2, 0) is 6.54 Å². The van der Waals surface area contributed by atoms with Gasteiger partial charge in [-0.15, -0.1) is 0 Å². The fraction of sp³-hybridized carbons (Fsp3) is 0.647. The molecule has 0 spiro atoms. The summed E-state index contributed by atoms with van der Waals surface area (Å²) in [6.07, 6.45) is 3.83. The van der Waals surface area contributed by atoms with Gasteiger partial charge in [0, 0.05) is 18.2 Å². The largest absolute Gasteiger partial charge is 0.508 e. The van der Waals surface area contributed by atoms with Crippen molar-refractivity contribution in [2.45, 2.75) is 45.7 Å². The molecule has 1 atom stereocenters. The number of nitrogens with zero attached hydrogens (tertiary/aromatic N) is 1. The summed E-state index contributed by atoms with van der Waals surface area (Å²) in [4.78, 5) is 2.58. The van der Waals surface area contributed by atoms with Crippen molar-refractivity contribution in [2.24, 2.45) is 5.92 Å². The predicted octanol–water partition coefficient (Wildman–Crippen LogP) is 2.99. The van der Waals surface area contributed by atoms with Crippen LogP contribution in [0.5, 0.6) is 5.75 Å². The zero-order chi connectivity index (χ0) is 14.4. The lowest BCUT2D eigenvalue weighted by molar-refractivity contribution is 0.162. The van der Waals surface area contributed by atoms with Crippen molar-refractivity contribution in [3.63, 3.8) is 0 Å². The molecule has 0 amide bonds. The Hall–Kier alpha value is -1.06. The lowest BCUT2D eigenvalue weighted by atomic mass is 9.90. The minimum Gasteiger partial charge on any atom is -0.508 e. The van der Waals surface area contributed by atoms with Gasteiger partial charge in [0.2, 0.25) is 0 Å². The van der Waals surface area contributed by atoms with Gasteiger partial charge in [-0.05, 0) is 57.8 Å². The number of likely N-dealkylation sites (tertiary alicyclic amines) is 1. The van der Waals surface area contributed by atoms with Gasteiger partial charge in [0.25, 0.3) is 0 Å². The van der Waals surface area contributed by atoms with Gasteiger partial charge in [-0.25, -0.2) is 0 Å². The summed E-state index contributed by atoms with van der Waals surface area (Å²) in [5.41, 5.74) is 0.989. The van der Waals surface area contributed by atoms with Crippen LogP contribution in [0.15, 0.2) is 24.3 Å².